The summed E-state index contributed by atoms with van der Waals surface area (Å²) in [4.78, 5) is 2.46. The molecule has 248 valence electrons. The molecule has 0 N–H and O–H groups in total. The van der Waals surface area contributed by atoms with E-state index in [-0.39, 0.29) is 0 Å². The topological polar surface area (TPSA) is 21.7 Å². The van der Waals surface area contributed by atoms with Gasteiger partial charge in [-0.15, -0.1) is 0 Å². The van der Waals surface area contributed by atoms with Gasteiger partial charge in [-0.05, 0) is 71.3 Å². The molecule has 1 aliphatic heterocycles. The van der Waals surface area contributed by atoms with E-state index in [1.807, 2.05) is 0 Å². The van der Waals surface area contributed by atoms with Crippen LogP contribution in [0.2, 0.25) is 0 Å². The van der Waals surface area contributed by atoms with Crippen LogP contribution in [0, 0.1) is 11.8 Å². The van der Waals surface area contributed by atoms with E-state index in [1.165, 1.54) is 154 Å². The Hall–Kier alpha value is -0.640. The first-order valence-electron chi connectivity index (χ1n) is 18.9. The second-order valence-electron chi connectivity index (χ2n) is 13.4. The number of nitrogens with zero attached hydrogens (tertiary/aromatic N) is 1. The molecule has 0 aromatic carbocycles. The highest BCUT2D eigenvalue weighted by Crippen LogP contribution is 2.23. The molecule has 0 saturated carbocycles. The Kier molecular flexibility index (Phi) is 29.8. The van der Waals surface area contributed by atoms with E-state index in [1.54, 1.807) is 0 Å². The largest absolute Gasteiger partial charge is 0.381 e. The van der Waals surface area contributed by atoms with E-state index < -0.39 is 0 Å². The quantitative estimate of drug-likeness (QED) is 0.0575. The van der Waals surface area contributed by atoms with Crippen molar-refractivity contribution in [2.45, 2.75) is 168 Å². The van der Waals surface area contributed by atoms with E-state index in [2.05, 4.69) is 50.1 Å². The summed E-state index contributed by atoms with van der Waals surface area (Å²) in [5, 5.41) is 0. The van der Waals surface area contributed by atoms with Crippen molar-refractivity contribution in [1.29, 1.82) is 0 Å². The highest BCUT2D eigenvalue weighted by Gasteiger charge is 2.30. The van der Waals surface area contributed by atoms with Crippen molar-refractivity contribution in [2.24, 2.45) is 11.8 Å². The van der Waals surface area contributed by atoms with Crippen LogP contribution in [0.1, 0.15) is 168 Å². The van der Waals surface area contributed by atoms with Crippen molar-refractivity contribution >= 4 is 0 Å². The van der Waals surface area contributed by atoms with Crippen LogP contribution in [0.5, 0.6) is 0 Å². The van der Waals surface area contributed by atoms with Gasteiger partial charge in [0, 0.05) is 38.1 Å². The van der Waals surface area contributed by atoms with Crippen molar-refractivity contribution in [3.63, 3.8) is 0 Å². The van der Waals surface area contributed by atoms with Crippen LogP contribution in [-0.2, 0) is 9.47 Å². The molecule has 1 aliphatic rings. The summed E-state index contributed by atoms with van der Waals surface area (Å²) >= 11 is 0. The SMILES string of the molecule is CCCCCC/C=C\CCCCCCCCOC[C@H]1CN(C)C[C@@H]1COCCCCCCCC/C=C\CCCCCC. The maximum Gasteiger partial charge on any atom is 0.0510 e. The van der Waals surface area contributed by atoms with Crippen molar-refractivity contribution in [3.8, 4) is 0 Å². The Morgan fingerprint density at radius 2 is 0.762 bits per heavy atom. The van der Waals surface area contributed by atoms with Gasteiger partial charge in [-0.25, -0.2) is 0 Å². The minimum absolute atomic E-state index is 0.639. The monoisotopic (exact) mass is 590 g/mol. The molecular weight excluding hydrogens is 514 g/mol. The average molecular weight is 590 g/mol. The summed E-state index contributed by atoms with van der Waals surface area (Å²) < 4.78 is 12.3. The second kappa shape index (κ2) is 31.8. The average Bonchev–Trinajstić information content (AvgIpc) is 3.35. The first-order valence-corrected chi connectivity index (χ1v) is 18.9. The van der Waals surface area contributed by atoms with Crippen molar-refractivity contribution in [2.75, 3.05) is 46.6 Å². The van der Waals surface area contributed by atoms with Gasteiger partial charge in [-0.1, -0.05) is 128 Å². The van der Waals surface area contributed by atoms with Crippen LogP contribution in [0.25, 0.3) is 0 Å². The van der Waals surface area contributed by atoms with Gasteiger partial charge in [0.15, 0.2) is 0 Å². The van der Waals surface area contributed by atoms with Crippen LogP contribution >= 0.6 is 0 Å². The number of rotatable bonds is 32. The van der Waals surface area contributed by atoms with Crippen LogP contribution < -0.4 is 0 Å². The molecule has 0 spiro atoms. The molecule has 0 bridgehead atoms. The third kappa shape index (κ3) is 25.8. The lowest BCUT2D eigenvalue weighted by Crippen LogP contribution is -2.23. The number of hydrogen-bond donors (Lipinski definition) is 0. The number of likely N-dealkylation sites (tertiary alicyclic amines) is 1. The fourth-order valence-electron chi connectivity index (χ4n) is 6.22. The zero-order valence-electron chi connectivity index (χ0n) is 28.9. The van der Waals surface area contributed by atoms with Gasteiger partial charge in [0.1, 0.15) is 0 Å². The van der Waals surface area contributed by atoms with E-state index in [4.69, 9.17) is 9.47 Å². The molecule has 0 aromatic heterocycles. The number of allylic oxidation sites excluding steroid dienone is 4. The normalized spacial score (nSPS) is 17.9. The predicted octanol–water partition coefficient (Wildman–Crippen LogP) is 11.7. The molecule has 0 amide bonds. The van der Waals surface area contributed by atoms with Gasteiger partial charge in [-0.2, -0.15) is 0 Å². The summed E-state index contributed by atoms with van der Waals surface area (Å²) in [6.45, 7) is 10.6. The van der Waals surface area contributed by atoms with Crippen LogP contribution in [0.15, 0.2) is 24.3 Å². The molecule has 1 heterocycles. The minimum atomic E-state index is 0.639. The fourth-order valence-corrected chi connectivity index (χ4v) is 6.22. The summed E-state index contributed by atoms with van der Waals surface area (Å²) in [5.41, 5.74) is 0. The van der Waals surface area contributed by atoms with Gasteiger partial charge >= 0.3 is 0 Å². The zero-order chi connectivity index (χ0) is 30.2. The molecule has 3 nitrogen and oxygen atoms in total. The zero-order valence-corrected chi connectivity index (χ0v) is 28.9. The number of ether oxygens (including phenoxy) is 2. The Bertz CT molecular complexity index is 539. The third-order valence-electron chi connectivity index (χ3n) is 9.02. The molecule has 0 aromatic rings. The molecule has 1 saturated heterocycles. The Morgan fingerprint density at radius 3 is 1.12 bits per heavy atom. The van der Waals surface area contributed by atoms with Crippen molar-refractivity contribution in [3.05, 3.63) is 24.3 Å². The van der Waals surface area contributed by atoms with E-state index in [0.29, 0.717) is 11.8 Å². The van der Waals surface area contributed by atoms with E-state index in [0.717, 1.165) is 39.5 Å². The molecule has 2 atom stereocenters. The van der Waals surface area contributed by atoms with Gasteiger partial charge < -0.3 is 14.4 Å². The maximum absolute atomic E-state index is 6.14. The van der Waals surface area contributed by atoms with E-state index in [9.17, 15) is 0 Å². The lowest BCUT2D eigenvalue weighted by atomic mass is 9.98. The van der Waals surface area contributed by atoms with Gasteiger partial charge in [-0.3, -0.25) is 0 Å². The van der Waals surface area contributed by atoms with Gasteiger partial charge in [0.25, 0.3) is 0 Å². The first-order chi connectivity index (χ1) is 20.8. The smallest absolute Gasteiger partial charge is 0.0510 e. The lowest BCUT2D eigenvalue weighted by Gasteiger charge is -2.18. The van der Waals surface area contributed by atoms with Crippen LogP contribution in [-0.4, -0.2) is 51.5 Å². The van der Waals surface area contributed by atoms with Crippen molar-refractivity contribution < 1.29 is 9.47 Å². The van der Waals surface area contributed by atoms with Gasteiger partial charge in [0.05, 0.1) is 13.2 Å². The highest BCUT2D eigenvalue weighted by molar-refractivity contribution is 4.83. The number of hydrogen-bond acceptors (Lipinski definition) is 3. The Labute approximate surface area is 264 Å². The Morgan fingerprint density at radius 1 is 0.452 bits per heavy atom. The van der Waals surface area contributed by atoms with Crippen LogP contribution in [0.3, 0.4) is 0 Å². The molecular formula is C39H75NO2. The summed E-state index contributed by atoms with van der Waals surface area (Å²) in [6, 6.07) is 0. The Balaban J connectivity index is 1.88. The molecule has 3 heteroatoms. The molecule has 0 unspecified atom stereocenters. The van der Waals surface area contributed by atoms with Crippen molar-refractivity contribution in [1.82, 2.24) is 4.90 Å². The van der Waals surface area contributed by atoms with E-state index >= 15 is 0 Å². The molecule has 42 heavy (non-hydrogen) atoms. The first kappa shape index (κ1) is 39.4. The molecule has 1 fully saturated rings. The lowest BCUT2D eigenvalue weighted by molar-refractivity contribution is 0.0482. The highest BCUT2D eigenvalue weighted by atomic mass is 16.5. The summed E-state index contributed by atoms with van der Waals surface area (Å²) in [5.74, 6) is 1.28. The summed E-state index contributed by atoms with van der Waals surface area (Å²) in [6.07, 6.45) is 41.8. The standard InChI is InChI=1S/C39H75NO2/c1-4-6-8-10-12-14-16-18-20-22-24-26-28-30-32-41-36-38-34-40(3)35-39(38)37-42-33-31-29-27-25-23-21-19-17-15-13-11-9-7-5-2/h14-17,38-39H,4-13,18-37H2,1-3H3/b16-14-,17-15-/t38-,39-/m1/s1. The second-order valence-corrected chi connectivity index (χ2v) is 13.4. The maximum atomic E-state index is 6.14. The summed E-state index contributed by atoms with van der Waals surface area (Å²) in [7, 11) is 2.25. The molecule has 1 rings (SSSR count). The molecule has 0 radical (unpaired) electrons. The molecule has 0 aliphatic carbocycles. The third-order valence-corrected chi connectivity index (χ3v) is 9.02. The van der Waals surface area contributed by atoms with Gasteiger partial charge in [0.2, 0.25) is 0 Å². The van der Waals surface area contributed by atoms with Crippen LogP contribution in [0.4, 0.5) is 0 Å². The minimum Gasteiger partial charge on any atom is -0.381 e. The predicted molar refractivity (Wildman–Crippen MR) is 187 cm³/mol. The fraction of sp³-hybridized carbons (Fsp3) is 0.897. The number of unbranched alkanes of at least 4 members (excludes halogenated alkanes) is 20.